The standard InChI is InChI=1S/C19H18F3NO4/c1-11(17(24)23-16-9-6-13(21)10-15(16)22)26-18(25)19(2,3)27-14-7-4-12(20)5-8-14/h4-11H,1-3H3,(H,23,24)/t11-/m0/s1. The SMILES string of the molecule is C[C@H](OC(=O)C(C)(C)Oc1ccc(F)cc1)C(=O)Nc1ccc(F)cc1F. The predicted octanol–water partition coefficient (Wildman–Crippen LogP) is 3.83. The number of anilines is 1. The van der Waals surface area contributed by atoms with Crippen LogP contribution in [0.4, 0.5) is 18.9 Å². The molecule has 1 N–H and O–H groups in total. The lowest BCUT2D eigenvalue weighted by molar-refractivity contribution is -0.166. The topological polar surface area (TPSA) is 64.6 Å². The van der Waals surface area contributed by atoms with Gasteiger partial charge in [-0.3, -0.25) is 4.79 Å². The van der Waals surface area contributed by atoms with Gasteiger partial charge in [-0.2, -0.15) is 0 Å². The van der Waals surface area contributed by atoms with Crippen molar-refractivity contribution in [2.75, 3.05) is 5.32 Å². The molecule has 0 fully saturated rings. The van der Waals surface area contributed by atoms with Gasteiger partial charge in [-0.15, -0.1) is 0 Å². The number of hydrogen-bond acceptors (Lipinski definition) is 4. The molecule has 0 aliphatic carbocycles. The number of carbonyl (C=O) groups excluding carboxylic acids is 2. The molecule has 27 heavy (non-hydrogen) atoms. The van der Waals surface area contributed by atoms with Crippen LogP contribution >= 0.6 is 0 Å². The summed E-state index contributed by atoms with van der Waals surface area (Å²) in [5, 5.41) is 2.21. The zero-order valence-corrected chi connectivity index (χ0v) is 14.9. The maximum atomic E-state index is 13.6. The molecule has 0 heterocycles. The summed E-state index contributed by atoms with van der Waals surface area (Å²) in [7, 11) is 0. The first-order valence-corrected chi connectivity index (χ1v) is 8.00. The minimum atomic E-state index is -1.46. The van der Waals surface area contributed by atoms with Gasteiger partial charge in [0.25, 0.3) is 5.91 Å². The van der Waals surface area contributed by atoms with E-state index in [1.165, 1.54) is 45.0 Å². The van der Waals surface area contributed by atoms with Gasteiger partial charge in [0.15, 0.2) is 11.7 Å². The summed E-state index contributed by atoms with van der Waals surface area (Å²) in [5.74, 6) is -3.61. The van der Waals surface area contributed by atoms with E-state index in [0.717, 1.165) is 12.1 Å². The van der Waals surface area contributed by atoms with E-state index in [-0.39, 0.29) is 11.4 Å². The minimum absolute atomic E-state index is 0.240. The Morgan fingerprint density at radius 1 is 1.00 bits per heavy atom. The first kappa shape index (κ1) is 20.3. The number of benzene rings is 2. The lowest BCUT2D eigenvalue weighted by atomic mass is 10.1. The first-order chi connectivity index (χ1) is 12.6. The molecule has 0 radical (unpaired) electrons. The first-order valence-electron chi connectivity index (χ1n) is 8.00. The molecule has 1 amide bonds. The van der Waals surface area contributed by atoms with Crippen molar-refractivity contribution in [1.82, 2.24) is 0 Å². The third-order valence-corrected chi connectivity index (χ3v) is 3.52. The zero-order valence-electron chi connectivity index (χ0n) is 14.9. The summed E-state index contributed by atoms with van der Waals surface area (Å²) in [6, 6.07) is 7.68. The van der Waals surface area contributed by atoms with Crippen LogP contribution in [0.3, 0.4) is 0 Å². The second-order valence-corrected chi connectivity index (χ2v) is 6.23. The maximum absolute atomic E-state index is 13.6. The number of carbonyl (C=O) groups is 2. The molecular weight excluding hydrogens is 363 g/mol. The van der Waals surface area contributed by atoms with Crippen molar-refractivity contribution >= 4 is 17.6 Å². The van der Waals surface area contributed by atoms with Gasteiger partial charge in [0.2, 0.25) is 0 Å². The lowest BCUT2D eigenvalue weighted by Crippen LogP contribution is -2.43. The van der Waals surface area contributed by atoms with Gasteiger partial charge in [-0.1, -0.05) is 0 Å². The Labute approximate surface area is 154 Å². The summed E-state index contributed by atoms with van der Waals surface area (Å²) in [6.45, 7) is 4.13. The minimum Gasteiger partial charge on any atom is -0.476 e. The molecule has 8 heteroatoms. The van der Waals surface area contributed by atoms with Gasteiger partial charge in [0.05, 0.1) is 5.69 Å². The molecule has 2 aromatic carbocycles. The summed E-state index contributed by atoms with van der Waals surface area (Å²) in [5.41, 5.74) is -1.71. The summed E-state index contributed by atoms with van der Waals surface area (Å²) >= 11 is 0. The van der Waals surface area contributed by atoms with E-state index < -0.39 is 41.0 Å². The molecule has 2 aromatic rings. The van der Waals surface area contributed by atoms with Gasteiger partial charge in [-0.25, -0.2) is 18.0 Å². The zero-order chi connectivity index (χ0) is 20.2. The van der Waals surface area contributed by atoms with Gasteiger partial charge in [-0.05, 0) is 57.2 Å². The Kier molecular flexibility index (Phi) is 6.09. The Bertz CT molecular complexity index is 837. The number of halogens is 3. The van der Waals surface area contributed by atoms with Crippen LogP contribution in [0.15, 0.2) is 42.5 Å². The average Bonchev–Trinajstić information content (AvgIpc) is 2.59. The third kappa shape index (κ3) is 5.47. The van der Waals surface area contributed by atoms with Crippen molar-refractivity contribution in [2.24, 2.45) is 0 Å². The van der Waals surface area contributed by atoms with Crippen LogP contribution < -0.4 is 10.1 Å². The largest absolute Gasteiger partial charge is 0.476 e. The monoisotopic (exact) mass is 381 g/mol. The lowest BCUT2D eigenvalue weighted by Gasteiger charge is -2.26. The quantitative estimate of drug-likeness (QED) is 0.773. The molecule has 0 bridgehead atoms. The highest BCUT2D eigenvalue weighted by Gasteiger charge is 2.34. The van der Waals surface area contributed by atoms with Gasteiger partial charge in [0, 0.05) is 6.07 Å². The fourth-order valence-corrected chi connectivity index (χ4v) is 2.02. The Hall–Kier alpha value is -3.03. The number of ether oxygens (including phenoxy) is 2. The molecule has 144 valence electrons. The van der Waals surface area contributed by atoms with Crippen LogP contribution in [0, 0.1) is 17.5 Å². The average molecular weight is 381 g/mol. The molecule has 0 aliphatic rings. The second kappa shape index (κ2) is 8.11. The second-order valence-electron chi connectivity index (χ2n) is 6.23. The van der Waals surface area contributed by atoms with Crippen molar-refractivity contribution < 1.29 is 32.2 Å². The van der Waals surface area contributed by atoms with Gasteiger partial charge < -0.3 is 14.8 Å². The molecule has 0 unspecified atom stereocenters. The highest BCUT2D eigenvalue weighted by Crippen LogP contribution is 2.21. The van der Waals surface area contributed by atoms with Crippen molar-refractivity contribution in [3.8, 4) is 5.75 Å². The van der Waals surface area contributed by atoms with Crippen LogP contribution in [0.5, 0.6) is 5.75 Å². The Balaban J connectivity index is 1.98. The Morgan fingerprint density at radius 2 is 1.59 bits per heavy atom. The number of amides is 1. The highest BCUT2D eigenvalue weighted by atomic mass is 19.1. The van der Waals surface area contributed by atoms with E-state index in [9.17, 15) is 22.8 Å². The molecule has 5 nitrogen and oxygen atoms in total. The van der Waals surface area contributed by atoms with Crippen molar-refractivity contribution in [1.29, 1.82) is 0 Å². The van der Waals surface area contributed by atoms with Crippen LogP contribution in [0.1, 0.15) is 20.8 Å². The summed E-state index contributed by atoms with van der Waals surface area (Å²) in [6.07, 6.45) is -1.27. The van der Waals surface area contributed by atoms with E-state index in [4.69, 9.17) is 9.47 Å². The smallest absolute Gasteiger partial charge is 0.350 e. The van der Waals surface area contributed by atoms with E-state index in [0.29, 0.717) is 6.07 Å². The van der Waals surface area contributed by atoms with E-state index in [2.05, 4.69) is 5.32 Å². The number of rotatable bonds is 6. The molecular formula is C19H18F3NO4. The normalized spacial score (nSPS) is 12.2. The Morgan fingerprint density at radius 3 is 2.19 bits per heavy atom. The molecule has 1 atom stereocenters. The van der Waals surface area contributed by atoms with E-state index in [1.54, 1.807) is 0 Å². The molecule has 2 rings (SSSR count). The molecule has 0 spiro atoms. The number of esters is 1. The molecule has 0 aliphatic heterocycles. The van der Waals surface area contributed by atoms with Crippen molar-refractivity contribution in [3.05, 3.63) is 59.9 Å². The number of hydrogen-bond donors (Lipinski definition) is 1. The van der Waals surface area contributed by atoms with Crippen LogP contribution in [-0.4, -0.2) is 23.6 Å². The highest BCUT2D eigenvalue weighted by molar-refractivity contribution is 5.95. The summed E-state index contributed by atoms with van der Waals surface area (Å²) < 4.78 is 49.9. The van der Waals surface area contributed by atoms with E-state index >= 15 is 0 Å². The van der Waals surface area contributed by atoms with Crippen molar-refractivity contribution in [3.63, 3.8) is 0 Å². The maximum Gasteiger partial charge on any atom is 0.350 e. The molecule has 0 saturated heterocycles. The molecule has 0 aromatic heterocycles. The summed E-state index contributed by atoms with van der Waals surface area (Å²) in [4.78, 5) is 24.4. The fraction of sp³-hybridized carbons (Fsp3) is 0.263. The van der Waals surface area contributed by atoms with Gasteiger partial charge in [0.1, 0.15) is 23.2 Å². The predicted molar refractivity (Wildman–Crippen MR) is 91.6 cm³/mol. The van der Waals surface area contributed by atoms with Crippen LogP contribution in [0.2, 0.25) is 0 Å². The van der Waals surface area contributed by atoms with Crippen molar-refractivity contribution in [2.45, 2.75) is 32.5 Å². The van der Waals surface area contributed by atoms with Crippen LogP contribution in [0.25, 0.3) is 0 Å². The van der Waals surface area contributed by atoms with E-state index in [1.807, 2.05) is 0 Å². The fourth-order valence-electron chi connectivity index (χ4n) is 2.02. The third-order valence-electron chi connectivity index (χ3n) is 3.52. The molecule has 0 saturated carbocycles. The van der Waals surface area contributed by atoms with Gasteiger partial charge >= 0.3 is 5.97 Å². The van der Waals surface area contributed by atoms with Crippen LogP contribution in [-0.2, 0) is 14.3 Å². The number of nitrogens with one attached hydrogen (secondary N) is 1.